The summed E-state index contributed by atoms with van der Waals surface area (Å²) in [4.78, 5) is 58.1. The third kappa shape index (κ3) is 141. The molecule has 0 aromatic heterocycles. The highest BCUT2D eigenvalue weighted by atomic mass is 28.4. The van der Waals surface area contributed by atoms with Gasteiger partial charge in [0, 0.05) is 0 Å². The van der Waals surface area contributed by atoms with Crippen LogP contribution in [0.1, 0.15) is 171 Å². The zero-order valence-electron chi connectivity index (χ0n) is 54.7. The van der Waals surface area contributed by atoms with Gasteiger partial charge in [-0.25, -0.2) is 0 Å². The SMILES string of the molecule is CCCCCC.CCCCCC.CCCCCC.CCCCC[N+](C)(C)C[Si](C)(C)C.CCCCC[N+](C)(C)C[Si](O)(O)O.CN(C)C[Si](C)(C)C.CN(C)C[Si](C)(C)C.CN(C)C[Si](O)(O)O.[CH3-].[CH3-].[OH3+]. The van der Waals surface area contributed by atoms with Gasteiger partial charge >= 0.3 is 17.6 Å². The molecule has 0 aromatic carbocycles. The molecule has 0 saturated heterocycles. The van der Waals surface area contributed by atoms with Crippen LogP contribution in [0.25, 0.3) is 0 Å². The summed E-state index contributed by atoms with van der Waals surface area (Å²) in [7, 11) is 10.3. The minimum Gasteiger partial charge on any atom is -0.457 e. The summed E-state index contributed by atoms with van der Waals surface area (Å²) in [5.74, 6) is 0. The summed E-state index contributed by atoms with van der Waals surface area (Å²) >= 11 is 0. The number of hydrogen-bond acceptors (Lipinski definition) is 9. The molecule has 0 aliphatic carbocycles. The number of rotatable bonds is 27. The van der Waals surface area contributed by atoms with Crippen LogP contribution in [-0.2, 0) is 5.48 Å². The van der Waals surface area contributed by atoms with E-state index in [2.05, 4.69) is 166 Å². The van der Waals surface area contributed by atoms with Crippen LogP contribution in [0.3, 0.4) is 0 Å². The van der Waals surface area contributed by atoms with Gasteiger partial charge < -0.3 is 72.8 Å². The molecule has 0 aliphatic rings. The van der Waals surface area contributed by atoms with E-state index in [1.54, 1.807) is 14.1 Å². The van der Waals surface area contributed by atoms with Crippen molar-refractivity contribution in [1.82, 2.24) is 14.7 Å². The zero-order chi connectivity index (χ0) is 55.9. The molecule has 71 heavy (non-hydrogen) atoms. The van der Waals surface area contributed by atoms with E-state index in [0.29, 0.717) is 4.48 Å². The minimum absolute atomic E-state index is 0. The van der Waals surface area contributed by atoms with E-state index in [9.17, 15) is 0 Å². The lowest BCUT2D eigenvalue weighted by molar-refractivity contribution is -0.882. The molecular formula is C54H146N5O7Si5+. The van der Waals surface area contributed by atoms with Gasteiger partial charge in [0.15, 0.2) is 0 Å². The molecule has 0 rings (SSSR count). The Labute approximate surface area is 456 Å². The first-order chi connectivity index (χ1) is 30.5. The average Bonchev–Trinajstić information content (AvgIpc) is 3.09. The second-order valence-corrected chi connectivity index (χ2v) is 45.2. The third-order valence-electron chi connectivity index (χ3n) is 9.26. The molecule has 0 spiro atoms. The van der Waals surface area contributed by atoms with E-state index in [1.807, 2.05) is 14.1 Å². The Balaban J connectivity index is -0.0000000652. The summed E-state index contributed by atoms with van der Waals surface area (Å²) < 4.78 is 1.71. The van der Waals surface area contributed by atoms with E-state index in [0.717, 1.165) is 25.8 Å². The quantitative estimate of drug-likeness (QED) is 0.0154. The topological polar surface area (TPSA) is 164 Å². The fourth-order valence-corrected chi connectivity index (χ4v) is 16.1. The number of unbranched alkanes of at least 4 members (excludes halogenated alkanes) is 13. The molecular weight excluding hydrogens is 971 g/mol. The van der Waals surface area contributed by atoms with Crippen LogP contribution in [-0.4, -0.2) is 209 Å². The molecule has 0 aliphatic heterocycles. The second kappa shape index (κ2) is 58.3. The molecule has 0 saturated carbocycles. The Hall–Kier alpha value is 0.604. The highest BCUT2D eigenvalue weighted by Gasteiger charge is 2.37. The monoisotopic (exact) mass is 1120 g/mol. The largest absolute Gasteiger partial charge is 0.550 e. The van der Waals surface area contributed by atoms with Crippen LogP contribution in [0.2, 0.25) is 58.9 Å². The highest BCUT2D eigenvalue weighted by molar-refractivity contribution is 6.76. The van der Waals surface area contributed by atoms with Crippen LogP contribution >= 0.6 is 0 Å². The summed E-state index contributed by atoms with van der Waals surface area (Å²) in [5, 5.41) is 0. The Morgan fingerprint density at radius 3 is 0.620 bits per heavy atom. The molecule has 0 fully saturated rings. The molecule has 0 aromatic rings. The van der Waals surface area contributed by atoms with Crippen LogP contribution in [0.4, 0.5) is 0 Å². The maximum atomic E-state index is 8.94. The van der Waals surface area contributed by atoms with Gasteiger partial charge in [-0.15, -0.1) is 0 Å². The number of nitrogens with zero attached hydrogens (tertiary/aromatic N) is 5. The lowest BCUT2D eigenvalue weighted by Crippen LogP contribution is -2.56. The van der Waals surface area contributed by atoms with Crippen LogP contribution in [0.5, 0.6) is 0 Å². The van der Waals surface area contributed by atoms with Crippen molar-refractivity contribution in [2.45, 2.75) is 230 Å². The molecule has 17 heteroatoms. The standard InChI is InChI=1S/C11H28NSi.C8H22NO3Si.2C6H17NSi.3C6H14.C3H11NO3Si.2CH3.H2O/c1-7-8-9-10-12(2,3)11-13(4,5)6;1-4-5-6-7-9(2,3)8-13(10,11)12;2*1-7(2)6-8(3,4)5;3*1-3-5-6-4-2;1-4(2)3-8(5,6)7;;;/h7-11H2,1-6H3;10-12H,4-8H2,1-3H3;2*6H2,1-5H3;3*3-6H2,1-2H3;5-7H,3H2,1-2H3;2*1H3;1H2/q2*+1;;;;;;;2*-1;/p+1. The van der Waals surface area contributed by atoms with Crippen molar-refractivity contribution in [3.63, 3.8) is 0 Å². The lowest BCUT2D eigenvalue weighted by Gasteiger charge is -2.35. The maximum Gasteiger partial charge on any atom is 0.550 e. The van der Waals surface area contributed by atoms with Crippen molar-refractivity contribution in [2.24, 2.45) is 0 Å². The second-order valence-electron chi connectivity index (χ2n) is 25.1. The normalized spacial score (nSPS) is 11.5. The summed E-state index contributed by atoms with van der Waals surface area (Å²) in [6, 6.07) is 0. The van der Waals surface area contributed by atoms with Gasteiger partial charge in [-0.1, -0.05) is 204 Å². The number of quaternary nitrogens is 2. The highest BCUT2D eigenvalue weighted by Crippen LogP contribution is 2.11. The van der Waals surface area contributed by atoms with Gasteiger partial charge in [0.25, 0.3) is 0 Å². The predicted molar refractivity (Wildman–Crippen MR) is 340 cm³/mol. The Morgan fingerprint density at radius 2 is 0.507 bits per heavy atom. The number of hydrogen-bond donors (Lipinski definition) is 6. The van der Waals surface area contributed by atoms with E-state index in [4.69, 9.17) is 28.8 Å². The molecule has 0 unspecified atom stereocenters. The van der Waals surface area contributed by atoms with Crippen LogP contribution < -0.4 is 0 Å². The van der Waals surface area contributed by atoms with Crippen molar-refractivity contribution in [1.29, 1.82) is 0 Å². The van der Waals surface area contributed by atoms with Gasteiger partial charge in [-0.3, -0.25) is 0 Å². The Kier molecular flexibility index (Phi) is 79.8. The van der Waals surface area contributed by atoms with E-state index >= 15 is 0 Å². The van der Waals surface area contributed by atoms with Gasteiger partial charge in [-0.05, 0) is 80.3 Å². The Bertz CT molecular complexity index is 859. The van der Waals surface area contributed by atoms with E-state index in [-0.39, 0.29) is 32.7 Å². The Morgan fingerprint density at radius 1 is 0.310 bits per heavy atom. The first-order valence-corrected chi connectivity index (χ1v) is 42.7. The van der Waals surface area contributed by atoms with Gasteiger partial charge in [-0.2, -0.15) is 0 Å². The molecule has 0 atom stereocenters. The minimum atomic E-state index is -3.88. The van der Waals surface area contributed by atoms with E-state index in [1.165, 1.54) is 131 Å². The average molecular weight is 1120 g/mol. The van der Waals surface area contributed by atoms with Crippen LogP contribution in [0.15, 0.2) is 0 Å². The van der Waals surface area contributed by atoms with Crippen molar-refractivity contribution >= 4 is 41.8 Å². The molecule has 12 nitrogen and oxygen atoms in total. The molecule has 0 bridgehead atoms. The fourth-order valence-electron chi connectivity index (χ4n) is 7.42. The molecule has 0 amide bonds. The summed E-state index contributed by atoms with van der Waals surface area (Å²) in [6.07, 6.45) is 28.2. The first-order valence-electron chi connectivity index (χ1n) is 27.5. The smallest absolute Gasteiger partial charge is 0.457 e. The predicted octanol–water partition coefficient (Wildman–Crippen LogP) is 11.4. The fraction of sp³-hybridized carbons (Fsp3) is 0.963. The van der Waals surface area contributed by atoms with Gasteiger partial charge in [0.1, 0.15) is 14.2 Å². The van der Waals surface area contributed by atoms with Crippen molar-refractivity contribution < 1.29 is 43.2 Å². The van der Waals surface area contributed by atoms with Crippen molar-refractivity contribution in [3.8, 4) is 0 Å². The molecule has 0 radical (unpaired) electrons. The van der Waals surface area contributed by atoms with Crippen molar-refractivity contribution in [2.75, 3.05) is 114 Å². The third-order valence-corrected chi connectivity index (χ3v) is 16.6. The zero-order valence-corrected chi connectivity index (χ0v) is 59.7. The van der Waals surface area contributed by atoms with Gasteiger partial charge in [0.2, 0.25) is 0 Å². The lowest BCUT2D eigenvalue weighted by atomic mass is 10.2. The van der Waals surface area contributed by atoms with Gasteiger partial charge in [0.05, 0.1) is 69.8 Å². The van der Waals surface area contributed by atoms with Crippen LogP contribution in [0, 0.1) is 14.9 Å². The van der Waals surface area contributed by atoms with E-state index < -0.39 is 41.8 Å². The maximum absolute atomic E-state index is 8.94. The summed E-state index contributed by atoms with van der Waals surface area (Å²) in [5.41, 5.74) is 0. The first kappa shape index (κ1) is 97.2. The molecule has 9 N–H and O–H groups in total. The molecule has 448 valence electrons. The molecule has 0 heterocycles. The summed E-state index contributed by atoms with van der Waals surface area (Å²) in [6.45, 7) is 41.7. The van der Waals surface area contributed by atoms with Crippen molar-refractivity contribution in [3.05, 3.63) is 14.9 Å².